The van der Waals surface area contributed by atoms with E-state index in [9.17, 15) is 5.11 Å². The fourth-order valence-corrected chi connectivity index (χ4v) is 2.43. The van der Waals surface area contributed by atoms with Crippen LogP contribution in [0.4, 0.5) is 0 Å². The maximum atomic E-state index is 9.76. The average Bonchev–Trinajstić information content (AvgIpc) is 2.25. The number of rotatable bonds is 6. The molecule has 96 valence electrons. The number of piperidine rings is 1. The highest BCUT2D eigenvalue weighted by atomic mass is 16.3. The van der Waals surface area contributed by atoms with Crippen molar-refractivity contribution >= 4 is 0 Å². The van der Waals surface area contributed by atoms with E-state index in [4.69, 9.17) is 5.73 Å². The van der Waals surface area contributed by atoms with Gasteiger partial charge in [-0.25, -0.2) is 0 Å². The summed E-state index contributed by atoms with van der Waals surface area (Å²) in [7, 11) is 0. The first kappa shape index (κ1) is 13.9. The Morgan fingerprint density at radius 3 is 2.81 bits per heavy atom. The highest BCUT2D eigenvalue weighted by Gasteiger charge is 2.18. The second-order valence-corrected chi connectivity index (χ2v) is 5.71. The predicted octanol–water partition coefficient (Wildman–Crippen LogP) is 1.60. The van der Waals surface area contributed by atoms with E-state index in [1.54, 1.807) is 0 Å². The zero-order valence-corrected chi connectivity index (χ0v) is 10.9. The summed E-state index contributed by atoms with van der Waals surface area (Å²) in [6.07, 6.45) is 5.82. The van der Waals surface area contributed by atoms with Gasteiger partial charge in [0.1, 0.15) is 0 Å². The summed E-state index contributed by atoms with van der Waals surface area (Å²) in [5, 5.41) is 9.76. The van der Waals surface area contributed by atoms with Crippen LogP contribution < -0.4 is 5.73 Å². The van der Waals surface area contributed by atoms with Crippen molar-refractivity contribution in [3.05, 3.63) is 0 Å². The van der Waals surface area contributed by atoms with E-state index in [0.29, 0.717) is 6.54 Å². The van der Waals surface area contributed by atoms with Gasteiger partial charge in [0.05, 0.1) is 5.60 Å². The minimum absolute atomic E-state index is 0.369. The number of nitrogens with zero attached hydrogens (tertiary/aromatic N) is 1. The highest BCUT2D eigenvalue weighted by molar-refractivity contribution is 4.74. The molecule has 1 fully saturated rings. The lowest BCUT2D eigenvalue weighted by molar-refractivity contribution is 0.0558. The molecule has 0 aromatic carbocycles. The Balaban J connectivity index is 2.06. The molecule has 1 rings (SSSR count). The van der Waals surface area contributed by atoms with Crippen LogP contribution in [0.3, 0.4) is 0 Å². The van der Waals surface area contributed by atoms with Crippen LogP contribution >= 0.6 is 0 Å². The van der Waals surface area contributed by atoms with Crippen LogP contribution in [0.15, 0.2) is 0 Å². The minimum Gasteiger partial charge on any atom is -0.389 e. The number of aliphatic hydroxyl groups is 1. The van der Waals surface area contributed by atoms with Gasteiger partial charge in [0, 0.05) is 13.1 Å². The second kappa shape index (κ2) is 6.58. The summed E-state index contributed by atoms with van der Waals surface area (Å²) in [5.41, 5.74) is 4.83. The topological polar surface area (TPSA) is 49.5 Å². The van der Waals surface area contributed by atoms with Crippen molar-refractivity contribution < 1.29 is 5.11 Å². The van der Waals surface area contributed by atoms with Gasteiger partial charge >= 0.3 is 0 Å². The Hall–Kier alpha value is -0.120. The Kier molecular flexibility index (Phi) is 5.73. The molecule has 0 aromatic heterocycles. The molecule has 1 heterocycles. The molecule has 0 bridgehead atoms. The predicted molar refractivity (Wildman–Crippen MR) is 68.4 cm³/mol. The minimum atomic E-state index is -0.658. The Bertz CT molecular complexity index is 194. The lowest BCUT2D eigenvalue weighted by Gasteiger charge is -2.31. The zero-order valence-electron chi connectivity index (χ0n) is 10.9. The van der Waals surface area contributed by atoms with Gasteiger partial charge in [-0.15, -0.1) is 0 Å². The van der Waals surface area contributed by atoms with E-state index in [1.165, 1.54) is 38.9 Å². The van der Waals surface area contributed by atoms with E-state index < -0.39 is 5.60 Å². The van der Waals surface area contributed by atoms with Crippen molar-refractivity contribution in [1.82, 2.24) is 4.90 Å². The highest BCUT2D eigenvalue weighted by Crippen LogP contribution is 2.17. The maximum absolute atomic E-state index is 9.76. The smallest absolute Gasteiger partial charge is 0.0741 e. The molecule has 16 heavy (non-hydrogen) atoms. The number of hydrogen-bond donors (Lipinski definition) is 2. The van der Waals surface area contributed by atoms with Gasteiger partial charge in [0.15, 0.2) is 0 Å². The van der Waals surface area contributed by atoms with E-state index in [-0.39, 0.29) is 0 Å². The second-order valence-electron chi connectivity index (χ2n) is 5.71. The fraction of sp³-hybridized carbons (Fsp3) is 1.00. The molecular weight excluding hydrogens is 200 g/mol. The Labute approximate surface area is 100 Å². The van der Waals surface area contributed by atoms with Crippen LogP contribution in [-0.2, 0) is 0 Å². The molecule has 1 aliphatic rings. The van der Waals surface area contributed by atoms with Crippen molar-refractivity contribution in [2.45, 2.75) is 51.6 Å². The average molecular weight is 228 g/mol. The van der Waals surface area contributed by atoms with E-state index in [2.05, 4.69) is 11.8 Å². The molecule has 0 saturated carbocycles. The third-order valence-electron chi connectivity index (χ3n) is 3.62. The Morgan fingerprint density at radius 2 is 2.19 bits per heavy atom. The number of nitrogens with two attached hydrogens (primary N) is 1. The molecular formula is C13H28N2O. The Morgan fingerprint density at radius 1 is 1.44 bits per heavy atom. The van der Waals surface area contributed by atoms with Crippen LogP contribution in [0, 0.1) is 5.92 Å². The molecule has 1 saturated heterocycles. The normalized spacial score (nSPS) is 26.6. The van der Waals surface area contributed by atoms with E-state index in [1.807, 2.05) is 6.92 Å². The van der Waals surface area contributed by atoms with Crippen LogP contribution in [0.1, 0.15) is 46.0 Å². The first-order valence-electron chi connectivity index (χ1n) is 6.68. The molecule has 2 atom stereocenters. The third kappa shape index (κ3) is 5.28. The number of likely N-dealkylation sites (tertiary alicyclic amines) is 1. The molecule has 3 N–H and O–H groups in total. The fourth-order valence-electron chi connectivity index (χ4n) is 2.43. The van der Waals surface area contributed by atoms with Crippen molar-refractivity contribution in [2.24, 2.45) is 11.7 Å². The molecule has 2 unspecified atom stereocenters. The van der Waals surface area contributed by atoms with Gasteiger partial charge in [0.25, 0.3) is 0 Å². The van der Waals surface area contributed by atoms with Gasteiger partial charge in [-0.3, -0.25) is 0 Å². The molecule has 0 aromatic rings. The maximum Gasteiger partial charge on any atom is 0.0741 e. The van der Waals surface area contributed by atoms with Gasteiger partial charge in [-0.1, -0.05) is 6.92 Å². The van der Waals surface area contributed by atoms with Crippen LogP contribution in [0.25, 0.3) is 0 Å². The molecule has 3 heteroatoms. The van der Waals surface area contributed by atoms with E-state index >= 15 is 0 Å². The van der Waals surface area contributed by atoms with E-state index in [0.717, 1.165) is 18.8 Å². The van der Waals surface area contributed by atoms with Crippen molar-refractivity contribution in [1.29, 1.82) is 0 Å². The summed E-state index contributed by atoms with van der Waals surface area (Å²) in [6, 6.07) is 0. The van der Waals surface area contributed by atoms with Crippen LogP contribution in [0.2, 0.25) is 0 Å². The SMILES string of the molecule is CC1CCCN(CCCCC(C)(O)CN)C1. The molecule has 0 aliphatic carbocycles. The first-order chi connectivity index (χ1) is 7.53. The quantitative estimate of drug-likeness (QED) is 0.679. The summed E-state index contributed by atoms with van der Waals surface area (Å²) in [4.78, 5) is 2.56. The lowest BCUT2D eigenvalue weighted by atomic mass is 9.98. The molecule has 0 radical (unpaired) electrons. The molecule has 1 aliphatic heterocycles. The van der Waals surface area contributed by atoms with Crippen LogP contribution in [0.5, 0.6) is 0 Å². The van der Waals surface area contributed by atoms with Crippen molar-refractivity contribution in [3.8, 4) is 0 Å². The van der Waals surface area contributed by atoms with Crippen molar-refractivity contribution in [3.63, 3.8) is 0 Å². The third-order valence-corrected chi connectivity index (χ3v) is 3.62. The summed E-state index contributed by atoms with van der Waals surface area (Å²) in [5.74, 6) is 0.862. The molecule has 0 amide bonds. The van der Waals surface area contributed by atoms with Gasteiger partial charge in [-0.2, -0.15) is 0 Å². The largest absolute Gasteiger partial charge is 0.389 e. The number of unbranched alkanes of at least 4 members (excludes halogenated alkanes) is 1. The van der Waals surface area contributed by atoms with Gasteiger partial charge < -0.3 is 15.7 Å². The first-order valence-corrected chi connectivity index (χ1v) is 6.68. The zero-order chi connectivity index (χ0) is 12.0. The molecule has 0 spiro atoms. The molecule has 3 nitrogen and oxygen atoms in total. The summed E-state index contributed by atoms with van der Waals surface area (Å²) in [6.45, 7) is 8.24. The van der Waals surface area contributed by atoms with Crippen molar-refractivity contribution in [2.75, 3.05) is 26.2 Å². The number of hydrogen-bond acceptors (Lipinski definition) is 3. The van der Waals surface area contributed by atoms with Crippen LogP contribution in [-0.4, -0.2) is 41.8 Å². The summed E-state index contributed by atoms with van der Waals surface area (Å²) < 4.78 is 0. The van der Waals surface area contributed by atoms with Gasteiger partial charge in [-0.05, 0) is 58.0 Å². The monoisotopic (exact) mass is 228 g/mol. The van der Waals surface area contributed by atoms with Gasteiger partial charge in [0.2, 0.25) is 0 Å². The summed E-state index contributed by atoms with van der Waals surface area (Å²) >= 11 is 0. The lowest BCUT2D eigenvalue weighted by Crippen LogP contribution is -2.36. The standard InChI is InChI=1S/C13H28N2O/c1-12-6-5-9-15(10-12)8-4-3-7-13(2,16)11-14/h12,16H,3-11,14H2,1-2H3.